The van der Waals surface area contributed by atoms with Gasteiger partial charge in [0, 0.05) is 16.3 Å². The average molecular weight is 350 g/mol. The summed E-state index contributed by atoms with van der Waals surface area (Å²) in [6.07, 6.45) is 1.46. The Morgan fingerprint density at radius 3 is 2.83 bits per heavy atom. The SMILES string of the molecule is C=N/C(OC)=C(\N=C(/C)Cn1cnc(CF)n1)c1cccc(Cl)c1. The van der Waals surface area contributed by atoms with Crippen LogP contribution in [-0.4, -0.2) is 34.3 Å². The van der Waals surface area contributed by atoms with Gasteiger partial charge in [-0.05, 0) is 25.8 Å². The van der Waals surface area contributed by atoms with E-state index >= 15 is 0 Å². The molecule has 2 aromatic rings. The second-order valence-corrected chi connectivity index (χ2v) is 5.30. The minimum Gasteiger partial charge on any atom is -0.479 e. The van der Waals surface area contributed by atoms with Crippen LogP contribution in [0.1, 0.15) is 18.3 Å². The third kappa shape index (κ3) is 4.48. The number of nitrogens with zero attached hydrogens (tertiary/aromatic N) is 5. The molecule has 0 atom stereocenters. The Morgan fingerprint density at radius 2 is 2.25 bits per heavy atom. The van der Waals surface area contributed by atoms with Gasteiger partial charge in [0.05, 0.1) is 13.7 Å². The first-order valence-electron chi connectivity index (χ1n) is 7.06. The molecule has 126 valence electrons. The van der Waals surface area contributed by atoms with Crippen molar-refractivity contribution in [2.75, 3.05) is 7.11 Å². The van der Waals surface area contributed by atoms with Crippen molar-refractivity contribution in [2.45, 2.75) is 20.1 Å². The number of rotatable bonds is 7. The Bertz CT molecular complexity index is 784. The molecule has 0 saturated carbocycles. The van der Waals surface area contributed by atoms with E-state index < -0.39 is 6.67 Å². The number of alkyl halides is 1. The van der Waals surface area contributed by atoms with Crippen LogP contribution in [0.25, 0.3) is 5.70 Å². The van der Waals surface area contributed by atoms with Crippen LogP contribution in [0.3, 0.4) is 0 Å². The Morgan fingerprint density at radius 1 is 1.46 bits per heavy atom. The number of ether oxygens (including phenoxy) is 1. The second kappa shape index (κ2) is 8.35. The van der Waals surface area contributed by atoms with Crippen LogP contribution in [0.15, 0.2) is 46.5 Å². The maximum Gasteiger partial charge on any atom is 0.239 e. The topological polar surface area (TPSA) is 64.7 Å². The lowest BCUT2D eigenvalue weighted by Crippen LogP contribution is -2.08. The third-order valence-corrected chi connectivity index (χ3v) is 3.27. The van der Waals surface area contributed by atoms with Gasteiger partial charge in [-0.1, -0.05) is 23.7 Å². The lowest BCUT2D eigenvalue weighted by Gasteiger charge is -2.09. The first-order valence-corrected chi connectivity index (χ1v) is 7.44. The molecule has 0 aliphatic heterocycles. The van der Waals surface area contributed by atoms with Gasteiger partial charge in [0.1, 0.15) is 12.0 Å². The number of aliphatic imine (C=N–C) groups is 2. The monoisotopic (exact) mass is 349 g/mol. The van der Waals surface area contributed by atoms with Gasteiger partial charge in [0.25, 0.3) is 0 Å². The standard InChI is InChI=1S/C16H17ClFN5O/c1-11(9-23-10-20-14(8-18)22-23)21-15(16(19-2)24-3)12-5-4-6-13(17)7-12/h4-7,10H,2,8-9H2,1,3H3/b16-15+,21-11+. The minimum atomic E-state index is -0.703. The van der Waals surface area contributed by atoms with E-state index in [1.54, 1.807) is 12.1 Å². The fraction of sp³-hybridized carbons (Fsp3) is 0.250. The molecule has 1 aromatic carbocycles. The molecule has 0 aliphatic rings. The van der Waals surface area contributed by atoms with Gasteiger partial charge in [-0.2, -0.15) is 5.10 Å². The number of hydrogen-bond acceptors (Lipinski definition) is 5. The van der Waals surface area contributed by atoms with E-state index in [1.165, 1.54) is 18.1 Å². The van der Waals surface area contributed by atoms with E-state index in [0.717, 1.165) is 5.56 Å². The summed E-state index contributed by atoms with van der Waals surface area (Å²) in [5.74, 6) is 0.415. The summed E-state index contributed by atoms with van der Waals surface area (Å²) in [5.41, 5.74) is 1.95. The molecule has 0 fully saturated rings. The Labute approximate surface area is 144 Å². The molecule has 0 radical (unpaired) electrons. The van der Waals surface area contributed by atoms with Crippen molar-refractivity contribution in [2.24, 2.45) is 9.98 Å². The Balaban J connectivity index is 2.37. The molecular formula is C16H17ClFN5O. The van der Waals surface area contributed by atoms with Crippen LogP contribution < -0.4 is 0 Å². The summed E-state index contributed by atoms with van der Waals surface area (Å²) >= 11 is 6.05. The smallest absolute Gasteiger partial charge is 0.239 e. The zero-order valence-corrected chi connectivity index (χ0v) is 14.2. The molecule has 6 nitrogen and oxygen atoms in total. The molecule has 0 N–H and O–H groups in total. The maximum absolute atomic E-state index is 12.5. The van der Waals surface area contributed by atoms with Crippen LogP contribution in [0, 0.1) is 0 Å². The van der Waals surface area contributed by atoms with Crippen molar-refractivity contribution in [3.8, 4) is 0 Å². The quantitative estimate of drug-likeness (QED) is 0.567. The van der Waals surface area contributed by atoms with E-state index in [4.69, 9.17) is 16.3 Å². The van der Waals surface area contributed by atoms with E-state index in [-0.39, 0.29) is 11.7 Å². The molecule has 8 heteroatoms. The predicted octanol–water partition coefficient (Wildman–Crippen LogP) is 3.54. The van der Waals surface area contributed by atoms with Crippen LogP contribution in [-0.2, 0) is 18.0 Å². The first-order chi connectivity index (χ1) is 11.6. The molecule has 24 heavy (non-hydrogen) atoms. The predicted molar refractivity (Wildman–Crippen MR) is 92.9 cm³/mol. The van der Waals surface area contributed by atoms with Gasteiger partial charge >= 0.3 is 0 Å². The zero-order chi connectivity index (χ0) is 17.5. The molecule has 1 heterocycles. The van der Waals surface area contributed by atoms with Crippen molar-refractivity contribution in [3.63, 3.8) is 0 Å². The Kier molecular flexibility index (Phi) is 6.20. The molecule has 0 amide bonds. The normalized spacial score (nSPS) is 12.8. The highest BCUT2D eigenvalue weighted by molar-refractivity contribution is 6.30. The number of benzene rings is 1. The highest BCUT2D eigenvalue weighted by atomic mass is 35.5. The van der Waals surface area contributed by atoms with Crippen LogP contribution in [0.4, 0.5) is 4.39 Å². The van der Waals surface area contributed by atoms with Gasteiger partial charge in [-0.25, -0.2) is 24.0 Å². The van der Waals surface area contributed by atoms with Crippen molar-refractivity contribution >= 4 is 29.7 Å². The number of hydrogen-bond donors (Lipinski definition) is 0. The second-order valence-electron chi connectivity index (χ2n) is 4.87. The molecule has 0 spiro atoms. The van der Waals surface area contributed by atoms with Crippen molar-refractivity contribution < 1.29 is 9.13 Å². The van der Waals surface area contributed by atoms with E-state index in [2.05, 4.69) is 26.8 Å². The Hall–Kier alpha value is -2.54. The highest BCUT2D eigenvalue weighted by Crippen LogP contribution is 2.24. The van der Waals surface area contributed by atoms with Gasteiger partial charge in [0.2, 0.25) is 5.88 Å². The molecule has 0 saturated heterocycles. The fourth-order valence-electron chi connectivity index (χ4n) is 2.04. The van der Waals surface area contributed by atoms with Crippen molar-refractivity contribution in [1.82, 2.24) is 14.8 Å². The summed E-state index contributed by atoms with van der Waals surface area (Å²) in [6.45, 7) is 4.97. The van der Waals surface area contributed by atoms with Gasteiger partial charge < -0.3 is 4.74 Å². The number of methoxy groups -OCH3 is 1. The van der Waals surface area contributed by atoms with Crippen LogP contribution in [0.5, 0.6) is 0 Å². The number of aromatic nitrogens is 3. The summed E-state index contributed by atoms with van der Waals surface area (Å²) in [4.78, 5) is 12.3. The van der Waals surface area contributed by atoms with E-state index in [1.807, 2.05) is 19.1 Å². The molecule has 2 rings (SSSR count). The summed E-state index contributed by atoms with van der Waals surface area (Å²) in [6, 6.07) is 7.18. The van der Waals surface area contributed by atoms with Gasteiger partial charge in [-0.15, -0.1) is 0 Å². The molecule has 0 bridgehead atoms. The maximum atomic E-state index is 12.5. The van der Waals surface area contributed by atoms with E-state index in [0.29, 0.717) is 23.0 Å². The minimum absolute atomic E-state index is 0.138. The first kappa shape index (κ1) is 17.8. The number of halogens is 2. The van der Waals surface area contributed by atoms with Crippen LogP contribution >= 0.6 is 11.6 Å². The van der Waals surface area contributed by atoms with Gasteiger partial charge in [-0.3, -0.25) is 0 Å². The lowest BCUT2D eigenvalue weighted by atomic mass is 10.1. The van der Waals surface area contributed by atoms with Crippen molar-refractivity contribution in [1.29, 1.82) is 0 Å². The largest absolute Gasteiger partial charge is 0.479 e. The fourth-order valence-corrected chi connectivity index (χ4v) is 2.23. The molecule has 1 aromatic heterocycles. The molecule has 0 aliphatic carbocycles. The summed E-state index contributed by atoms with van der Waals surface area (Å²) < 4.78 is 19.3. The van der Waals surface area contributed by atoms with E-state index in [9.17, 15) is 4.39 Å². The lowest BCUT2D eigenvalue weighted by molar-refractivity contribution is 0.291. The third-order valence-electron chi connectivity index (χ3n) is 3.03. The highest BCUT2D eigenvalue weighted by Gasteiger charge is 2.10. The average Bonchev–Trinajstić information content (AvgIpc) is 3.02. The summed E-state index contributed by atoms with van der Waals surface area (Å²) in [7, 11) is 1.49. The molecular weight excluding hydrogens is 333 g/mol. The van der Waals surface area contributed by atoms with Crippen LogP contribution in [0.2, 0.25) is 5.02 Å². The summed E-state index contributed by atoms with van der Waals surface area (Å²) in [5, 5.41) is 4.56. The zero-order valence-electron chi connectivity index (χ0n) is 13.4. The molecule has 0 unspecified atom stereocenters. The van der Waals surface area contributed by atoms with Crippen molar-refractivity contribution in [3.05, 3.63) is 52.9 Å². The van der Waals surface area contributed by atoms with Gasteiger partial charge in [0.15, 0.2) is 12.5 Å².